The molecule has 1 amide bonds. The molecule has 9 nitrogen and oxygen atoms in total. The number of carbonyl (C=O) groups is 1. The van der Waals surface area contributed by atoms with Gasteiger partial charge in [0.1, 0.15) is 41.2 Å². The number of aromatic amines is 1. The SMILES string of the molecule is COc1cc2ncnc(Nc3ccc(F)c(Cl)c3)c2cc1NC(=O)C(C#N)=Cc1ncc[nH]1. The van der Waals surface area contributed by atoms with Gasteiger partial charge in [0.25, 0.3) is 5.91 Å². The normalized spacial score (nSPS) is 11.2. The van der Waals surface area contributed by atoms with Crippen molar-refractivity contribution in [2.24, 2.45) is 0 Å². The zero-order chi connectivity index (χ0) is 23.4. The summed E-state index contributed by atoms with van der Waals surface area (Å²) in [5.41, 5.74) is 1.18. The van der Waals surface area contributed by atoms with Crippen LogP contribution >= 0.6 is 11.6 Å². The Labute approximate surface area is 191 Å². The van der Waals surface area contributed by atoms with E-state index in [1.165, 1.54) is 43.9 Å². The first-order valence-corrected chi connectivity index (χ1v) is 9.83. The standard InChI is InChI=1S/C22H15ClFN7O2/c1-33-19-9-17-14(21(29-11-28-17)30-13-2-3-16(24)15(23)7-13)8-18(19)31-22(32)12(10-25)6-20-26-4-5-27-20/h2-9,11H,1H3,(H,26,27)(H,31,32)(H,28,29,30). The minimum absolute atomic E-state index is 0.0413. The highest BCUT2D eigenvalue weighted by Gasteiger charge is 2.16. The van der Waals surface area contributed by atoms with E-state index in [0.717, 1.165) is 0 Å². The lowest BCUT2D eigenvalue weighted by Gasteiger charge is -2.14. The van der Waals surface area contributed by atoms with Crippen LogP contribution in [-0.4, -0.2) is 33.0 Å². The molecule has 0 atom stereocenters. The van der Waals surface area contributed by atoms with Crippen LogP contribution in [0.5, 0.6) is 5.75 Å². The molecule has 0 aliphatic heterocycles. The first-order chi connectivity index (χ1) is 16.0. The number of benzene rings is 2. The van der Waals surface area contributed by atoms with Crippen molar-refractivity contribution in [2.45, 2.75) is 0 Å². The lowest BCUT2D eigenvalue weighted by molar-refractivity contribution is -0.112. The highest BCUT2D eigenvalue weighted by Crippen LogP contribution is 2.33. The third kappa shape index (κ3) is 4.73. The van der Waals surface area contributed by atoms with E-state index >= 15 is 0 Å². The molecule has 0 radical (unpaired) electrons. The second-order valence-corrected chi connectivity index (χ2v) is 7.05. The number of nitrogens with one attached hydrogen (secondary N) is 3. The summed E-state index contributed by atoms with van der Waals surface area (Å²) in [5.74, 6) is -0.0956. The minimum atomic E-state index is -0.650. The highest BCUT2D eigenvalue weighted by molar-refractivity contribution is 6.31. The summed E-state index contributed by atoms with van der Waals surface area (Å²) in [6, 6.07) is 9.27. The average Bonchev–Trinajstić information content (AvgIpc) is 3.33. The van der Waals surface area contributed by atoms with Gasteiger partial charge in [0.05, 0.1) is 23.3 Å². The van der Waals surface area contributed by atoms with Crippen LogP contribution in [0.15, 0.2) is 54.6 Å². The maximum Gasteiger partial charge on any atom is 0.266 e. The van der Waals surface area contributed by atoms with Crippen LogP contribution in [0, 0.1) is 17.1 Å². The number of halogens is 2. The van der Waals surface area contributed by atoms with Gasteiger partial charge < -0.3 is 20.4 Å². The molecule has 0 aliphatic carbocycles. The Balaban J connectivity index is 1.70. The Morgan fingerprint density at radius 1 is 1.27 bits per heavy atom. The third-order valence-electron chi connectivity index (χ3n) is 4.55. The molecule has 0 saturated carbocycles. The molecule has 4 aromatic rings. The Bertz CT molecular complexity index is 1410. The summed E-state index contributed by atoms with van der Waals surface area (Å²) in [6.07, 6.45) is 5.77. The maximum atomic E-state index is 13.5. The Kier molecular flexibility index (Phi) is 6.15. The fourth-order valence-electron chi connectivity index (χ4n) is 2.99. The molecule has 0 unspecified atom stereocenters. The number of hydrogen-bond donors (Lipinski definition) is 3. The molecule has 3 N–H and O–H groups in total. The number of fused-ring (bicyclic) bond motifs is 1. The van der Waals surface area contributed by atoms with Crippen molar-refractivity contribution in [1.82, 2.24) is 19.9 Å². The van der Waals surface area contributed by atoms with Gasteiger partial charge in [0.2, 0.25) is 0 Å². The number of nitriles is 1. The molecule has 11 heteroatoms. The number of amides is 1. The molecular weight excluding hydrogens is 449 g/mol. The molecule has 0 fully saturated rings. The molecule has 164 valence electrons. The second-order valence-electron chi connectivity index (χ2n) is 6.64. The molecule has 0 aliphatic rings. The van der Waals surface area contributed by atoms with E-state index in [4.69, 9.17) is 16.3 Å². The lowest BCUT2D eigenvalue weighted by atomic mass is 10.1. The van der Waals surface area contributed by atoms with E-state index in [2.05, 4.69) is 30.6 Å². The van der Waals surface area contributed by atoms with E-state index in [0.29, 0.717) is 39.7 Å². The van der Waals surface area contributed by atoms with Crippen molar-refractivity contribution in [1.29, 1.82) is 5.26 Å². The number of nitrogens with zero attached hydrogens (tertiary/aromatic N) is 4. The predicted molar refractivity (Wildman–Crippen MR) is 122 cm³/mol. The van der Waals surface area contributed by atoms with Gasteiger partial charge in [0.15, 0.2) is 0 Å². The van der Waals surface area contributed by atoms with Gasteiger partial charge in [-0.3, -0.25) is 4.79 Å². The van der Waals surface area contributed by atoms with Crippen LogP contribution in [-0.2, 0) is 4.79 Å². The van der Waals surface area contributed by atoms with E-state index in [1.807, 2.05) is 6.07 Å². The predicted octanol–water partition coefficient (Wildman–Crippen LogP) is 4.44. The van der Waals surface area contributed by atoms with Gasteiger partial charge in [-0.25, -0.2) is 19.3 Å². The van der Waals surface area contributed by atoms with Crippen LogP contribution in [0.25, 0.3) is 17.0 Å². The van der Waals surface area contributed by atoms with Crippen molar-refractivity contribution in [3.63, 3.8) is 0 Å². The molecule has 2 heterocycles. The van der Waals surface area contributed by atoms with Gasteiger partial charge >= 0.3 is 0 Å². The summed E-state index contributed by atoms with van der Waals surface area (Å²) in [7, 11) is 1.45. The number of anilines is 3. The monoisotopic (exact) mass is 463 g/mol. The summed E-state index contributed by atoms with van der Waals surface area (Å²) >= 11 is 5.86. The fraction of sp³-hybridized carbons (Fsp3) is 0.0455. The van der Waals surface area contributed by atoms with Crippen molar-refractivity contribution < 1.29 is 13.9 Å². The molecule has 2 aromatic heterocycles. The Hall–Kier alpha value is -4.49. The number of aromatic nitrogens is 4. The zero-order valence-electron chi connectivity index (χ0n) is 17.1. The highest BCUT2D eigenvalue weighted by atomic mass is 35.5. The van der Waals surface area contributed by atoms with Crippen LogP contribution in [0.4, 0.5) is 21.6 Å². The van der Waals surface area contributed by atoms with E-state index in [9.17, 15) is 14.4 Å². The molecule has 33 heavy (non-hydrogen) atoms. The van der Waals surface area contributed by atoms with Crippen molar-refractivity contribution in [3.8, 4) is 11.8 Å². The largest absolute Gasteiger partial charge is 0.494 e. The van der Waals surface area contributed by atoms with Crippen LogP contribution in [0.2, 0.25) is 5.02 Å². The van der Waals surface area contributed by atoms with E-state index in [1.54, 1.807) is 18.3 Å². The second kappa shape index (κ2) is 9.33. The number of imidazole rings is 1. The average molecular weight is 464 g/mol. The maximum absolute atomic E-state index is 13.5. The summed E-state index contributed by atoms with van der Waals surface area (Å²) < 4.78 is 18.9. The van der Waals surface area contributed by atoms with Gasteiger partial charge in [-0.05, 0) is 24.3 Å². The molecule has 0 saturated heterocycles. The van der Waals surface area contributed by atoms with Gasteiger partial charge in [0, 0.05) is 35.6 Å². The molecule has 0 spiro atoms. The number of hydrogen-bond acceptors (Lipinski definition) is 7. The van der Waals surface area contributed by atoms with Gasteiger partial charge in [-0.15, -0.1) is 0 Å². The molecule has 2 aromatic carbocycles. The number of ether oxygens (including phenoxy) is 1. The van der Waals surface area contributed by atoms with Crippen LogP contribution in [0.3, 0.4) is 0 Å². The summed E-state index contributed by atoms with van der Waals surface area (Å²) in [6.45, 7) is 0. The fourth-order valence-corrected chi connectivity index (χ4v) is 3.17. The summed E-state index contributed by atoms with van der Waals surface area (Å²) in [5, 5.41) is 15.6. The molecule has 4 rings (SSSR count). The van der Waals surface area contributed by atoms with Gasteiger partial charge in [-0.1, -0.05) is 11.6 Å². The minimum Gasteiger partial charge on any atom is -0.494 e. The third-order valence-corrected chi connectivity index (χ3v) is 4.84. The topological polar surface area (TPSA) is 129 Å². The quantitative estimate of drug-likeness (QED) is 0.284. The number of rotatable bonds is 6. The van der Waals surface area contributed by atoms with Gasteiger partial charge in [-0.2, -0.15) is 5.26 Å². The van der Waals surface area contributed by atoms with Crippen molar-refractivity contribution >= 4 is 51.7 Å². The number of methoxy groups -OCH3 is 1. The smallest absolute Gasteiger partial charge is 0.266 e. The first kappa shape index (κ1) is 21.7. The first-order valence-electron chi connectivity index (χ1n) is 9.46. The lowest BCUT2D eigenvalue weighted by Crippen LogP contribution is -2.14. The van der Waals surface area contributed by atoms with Crippen LogP contribution in [0.1, 0.15) is 5.82 Å². The summed E-state index contributed by atoms with van der Waals surface area (Å²) in [4.78, 5) is 28.0. The Morgan fingerprint density at radius 3 is 2.82 bits per heavy atom. The van der Waals surface area contributed by atoms with E-state index < -0.39 is 11.7 Å². The Morgan fingerprint density at radius 2 is 2.12 bits per heavy atom. The number of H-pyrrole nitrogens is 1. The van der Waals surface area contributed by atoms with E-state index in [-0.39, 0.29) is 10.6 Å². The number of carbonyl (C=O) groups excluding carboxylic acids is 1. The van der Waals surface area contributed by atoms with Crippen LogP contribution < -0.4 is 15.4 Å². The zero-order valence-corrected chi connectivity index (χ0v) is 17.8. The van der Waals surface area contributed by atoms with Crippen molar-refractivity contribution in [2.75, 3.05) is 17.7 Å². The molecular formula is C22H15ClFN7O2. The van der Waals surface area contributed by atoms with Crippen molar-refractivity contribution in [3.05, 3.63) is 71.3 Å². The molecule has 0 bridgehead atoms.